The van der Waals surface area contributed by atoms with E-state index in [0.29, 0.717) is 37.8 Å². The van der Waals surface area contributed by atoms with Gasteiger partial charge in [-0.15, -0.1) is 0 Å². The smallest absolute Gasteiger partial charge is 0.326 e. The molecular weight excluding hydrogens is 917 g/mol. The number of nitrogens with one attached hydrogen (secondary N) is 9. The summed E-state index contributed by atoms with van der Waals surface area (Å²) in [6, 6.07) is 0.624. The highest BCUT2D eigenvalue weighted by Crippen LogP contribution is 2.18. The summed E-state index contributed by atoms with van der Waals surface area (Å²) in [5.74, 6) is -8.66. The van der Waals surface area contributed by atoms with E-state index < -0.39 is 133 Å². The van der Waals surface area contributed by atoms with E-state index in [1.807, 2.05) is 0 Å². The SMILES string of the molecule is CC(C)C[C@H](NC(=O)CNC(=O)[C@H](Cc1ccccc1)NC(=O)[C@H](CCC(N)=O)NC(=O)CNC(=O)[C@@H]1C[C@@H](O)CN1)C(=O)N[C@@H](C)C(=O)NCC(=O)N1CCC[C@H]1C(=O)N[C@@H](CCCCN)C(=O)O. The first-order chi connectivity index (χ1) is 33.2. The molecule has 15 N–H and O–H groups in total. The van der Waals surface area contributed by atoms with Gasteiger partial charge in [0.2, 0.25) is 59.1 Å². The van der Waals surface area contributed by atoms with Crippen molar-refractivity contribution >= 4 is 65.0 Å². The summed E-state index contributed by atoms with van der Waals surface area (Å²) in [6.07, 6.45) is 0.883. The van der Waals surface area contributed by atoms with Crippen LogP contribution in [0.4, 0.5) is 0 Å². The van der Waals surface area contributed by atoms with Crippen LogP contribution in [0.25, 0.3) is 0 Å². The monoisotopic (exact) mass is 987 g/mol. The number of hydrogen-bond donors (Lipinski definition) is 13. The molecule has 2 aliphatic rings. The van der Waals surface area contributed by atoms with Crippen LogP contribution in [0.2, 0.25) is 0 Å². The third kappa shape index (κ3) is 20.1. The fraction of sp³-hybridized carbons (Fsp3) is 0.622. The summed E-state index contributed by atoms with van der Waals surface area (Å²) in [7, 11) is 0. The van der Waals surface area contributed by atoms with Gasteiger partial charge in [0.05, 0.1) is 31.8 Å². The van der Waals surface area contributed by atoms with Crippen molar-refractivity contribution in [3.05, 3.63) is 35.9 Å². The molecule has 8 atom stereocenters. The van der Waals surface area contributed by atoms with Crippen LogP contribution in [0.1, 0.15) is 84.1 Å². The van der Waals surface area contributed by atoms with Gasteiger partial charge < -0.3 is 74.4 Å². The maximum absolute atomic E-state index is 13.7. The number of nitrogens with two attached hydrogens (primary N) is 2. The third-order valence-corrected chi connectivity index (χ3v) is 11.5. The van der Waals surface area contributed by atoms with E-state index in [-0.39, 0.29) is 57.5 Å². The molecule has 0 radical (unpaired) electrons. The summed E-state index contributed by atoms with van der Waals surface area (Å²) >= 11 is 0. The maximum atomic E-state index is 13.7. The van der Waals surface area contributed by atoms with Crippen LogP contribution in [0.15, 0.2) is 30.3 Å². The Morgan fingerprint density at radius 1 is 0.729 bits per heavy atom. The maximum Gasteiger partial charge on any atom is 0.326 e. The van der Waals surface area contributed by atoms with Crippen LogP contribution in [-0.4, -0.2) is 168 Å². The number of β-amino-alcohol motifs (C(OH)–C–C–N with tert-alkyl or cyclic N) is 1. The predicted octanol–water partition coefficient (Wildman–Crippen LogP) is -4.74. The Morgan fingerprint density at radius 2 is 1.37 bits per heavy atom. The standard InChI is InChI=1S/C45H70N12O13/c1-25(2)18-32(43(67)52-26(3)39(63)51-24-38(62)57-17-9-13-34(57)44(68)55-30(45(69)70)12-7-8-16-46)54-37(61)23-50-41(65)33(19-27-10-5-4-6-11-27)56-42(66)29(14-15-35(47)59)53-36(60)22-49-40(64)31-20-28(58)21-48-31/h4-6,10-11,25-26,28-34,48,58H,7-9,12-24,46H2,1-3H3,(H2,47,59)(H,49,64)(H,50,65)(H,51,63)(H,52,67)(H,53,60)(H,54,61)(H,55,68)(H,56,66)(H,69,70)/t26-,28+,29-,30-,31-,32-,33-,34-/m0/s1. The van der Waals surface area contributed by atoms with Crippen molar-refractivity contribution in [2.24, 2.45) is 17.4 Å². The molecule has 3 rings (SSSR count). The number of unbranched alkanes of at least 4 members (excludes halogenated alkanes) is 1. The lowest BCUT2D eigenvalue weighted by atomic mass is 10.0. The van der Waals surface area contributed by atoms with Crippen LogP contribution < -0.4 is 59.3 Å². The molecule has 25 heteroatoms. The summed E-state index contributed by atoms with van der Waals surface area (Å²) in [4.78, 5) is 143. The van der Waals surface area contributed by atoms with Gasteiger partial charge in [-0.25, -0.2) is 4.79 Å². The fourth-order valence-electron chi connectivity index (χ4n) is 7.73. The molecular formula is C45H70N12O13. The molecule has 10 amide bonds. The molecule has 0 saturated carbocycles. The summed E-state index contributed by atoms with van der Waals surface area (Å²) < 4.78 is 0. The molecule has 2 heterocycles. The van der Waals surface area contributed by atoms with Gasteiger partial charge in [-0.2, -0.15) is 0 Å². The van der Waals surface area contributed by atoms with E-state index >= 15 is 0 Å². The molecule has 2 aliphatic heterocycles. The Kier molecular flexibility index (Phi) is 24.1. The number of likely N-dealkylation sites (tertiary alicyclic amines) is 1. The van der Waals surface area contributed by atoms with Crippen LogP contribution in [0.3, 0.4) is 0 Å². The first-order valence-corrected chi connectivity index (χ1v) is 23.5. The lowest BCUT2D eigenvalue weighted by Crippen LogP contribution is -2.57. The Hall–Kier alpha value is -6.73. The minimum Gasteiger partial charge on any atom is -0.480 e. The van der Waals surface area contributed by atoms with Crippen molar-refractivity contribution in [3.63, 3.8) is 0 Å². The van der Waals surface area contributed by atoms with Crippen LogP contribution >= 0.6 is 0 Å². The number of hydrogen-bond acceptors (Lipinski definition) is 14. The number of carbonyl (C=O) groups is 11. The molecule has 388 valence electrons. The molecule has 25 nitrogen and oxygen atoms in total. The van der Waals surface area contributed by atoms with Gasteiger partial charge in [-0.1, -0.05) is 44.2 Å². The van der Waals surface area contributed by atoms with Crippen molar-refractivity contribution in [2.75, 3.05) is 39.3 Å². The van der Waals surface area contributed by atoms with Gasteiger partial charge in [-0.05, 0) is 76.3 Å². The van der Waals surface area contributed by atoms with Gasteiger partial charge in [0.1, 0.15) is 36.3 Å². The van der Waals surface area contributed by atoms with Crippen molar-refractivity contribution in [1.29, 1.82) is 0 Å². The molecule has 2 fully saturated rings. The van der Waals surface area contributed by atoms with E-state index in [9.17, 15) is 63.0 Å². The number of primary amides is 1. The number of benzene rings is 1. The minimum atomic E-state index is -1.38. The molecule has 0 unspecified atom stereocenters. The fourth-order valence-corrected chi connectivity index (χ4v) is 7.73. The minimum absolute atomic E-state index is 0.0755. The average molecular weight is 987 g/mol. The largest absolute Gasteiger partial charge is 0.480 e. The second-order valence-electron chi connectivity index (χ2n) is 17.8. The van der Waals surface area contributed by atoms with Crippen molar-refractivity contribution in [1.82, 2.24) is 52.8 Å². The van der Waals surface area contributed by atoms with E-state index in [4.69, 9.17) is 11.5 Å². The molecule has 1 aromatic rings. The normalized spacial score (nSPS) is 18.5. The number of carbonyl (C=O) groups excluding carboxylic acids is 10. The number of carboxylic acids is 1. The first kappa shape index (κ1) is 57.6. The molecule has 0 spiro atoms. The molecule has 70 heavy (non-hydrogen) atoms. The number of aliphatic carboxylic acids is 1. The van der Waals surface area contributed by atoms with Crippen molar-refractivity contribution in [2.45, 2.75) is 133 Å². The van der Waals surface area contributed by atoms with E-state index in [0.717, 1.165) is 0 Å². The highest BCUT2D eigenvalue weighted by Gasteiger charge is 2.37. The summed E-state index contributed by atoms with van der Waals surface area (Å²) in [5, 5.41) is 42.0. The predicted molar refractivity (Wildman–Crippen MR) is 250 cm³/mol. The average Bonchev–Trinajstić information content (AvgIpc) is 3.99. The van der Waals surface area contributed by atoms with Crippen molar-refractivity contribution in [3.8, 4) is 0 Å². The molecule has 2 saturated heterocycles. The Balaban J connectivity index is 1.59. The molecule has 1 aromatic carbocycles. The Labute approximate surface area is 405 Å². The number of rotatable bonds is 29. The van der Waals surface area contributed by atoms with E-state index in [2.05, 4.69) is 47.9 Å². The Morgan fingerprint density at radius 3 is 1.99 bits per heavy atom. The summed E-state index contributed by atoms with van der Waals surface area (Å²) in [5.41, 5.74) is 11.4. The number of aliphatic hydroxyl groups is 1. The van der Waals surface area contributed by atoms with Gasteiger partial charge in [0.15, 0.2) is 0 Å². The number of amides is 10. The van der Waals surface area contributed by atoms with E-state index in [1.54, 1.807) is 44.2 Å². The van der Waals surface area contributed by atoms with Crippen LogP contribution in [0.5, 0.6) is 0 Å². The molecule has 0 aliphatic carbocycles. The lowest BCUT2D eigenvalue weighted by molar-refractivity contribution is -0.144. The molecule has 0 aromatic heterocycles. The highest BCUT2D eigenvalue weighted by molar-refractivity contribution is 5.97. The number of aliphatic hydroxyl groups excluding tert-OH is 1. The van der Waals surface area contributed by atoms with Gasteiger partial charge in [0, 0.05) is 25.9 Å². The zero-order valence-electron chi connectivity index (χ0n) is 39.9. The van der Waals surface area contributed by atoms with Crippen molar-refractivity contribution < 1.29 is 63.0 Å². The van der Waals surface area contributed by atoms with Crippen LogP contribution in [-0.2, 0) is 59.2 Å². The number of carboxylic acid groups (broad SMARTS) is 1. The second-order valence-corrected chi connectivity index (χ2v) is 17.8. The zero-order chi connectivity index (χ0) is 51.9. The first-order valence-electron chi connectivity index (χ1n) is 23.5. The third-order valence-electron chi connectivity index (χ3n) is 11.5. The van der Waals surface area contributed by atoms with Gasteiger partial charge in [-0.3, -0.25) is 47.9 Å². The zero-order valence-corrected chi connectivity index (χ0v) is 39.9. The van der Waals surface area contributed by atoms with Crippen LogP contribution in [0, 0.1) is 5.92 Å². The quantitative estimate of drug-likeness (QED) is 0.0336. The topological polar surface area (TPSA) is 392 Å². The number of nitrogens with zero attached hydrogens (tertiary/aromatic N) is 1. The second kappa shape index (κ2) is 29.3. The highest BCUT2D eigenvalue weighted by atomic mass is 16.4. The Bertz CT molecular complexity index is 2010. The summed E-state index contributed by atoms with van der Waals surface area (Å²) in [6.45, 7) is 4.00. The molecule has 0 bridgehead atoms. The lowest BCUT2D eigenvalue weighted by Gasteiger charge is -2.26. The van der Waals surface area contributed by atoms with Gasteiger partial charge in [0.25, 0.3) is 0 Å². The van der Waals surface area contributed by atoms with Gasteiger partial charge >= 0.3 is 5.97 Å². The van der Waals surface area contributed by atoms with E-state index in [1.165, 1.54) is 11.8 Å².